The fraction of sp³-hybridized carbons (Fsp3) is 0.400. The van der Waals surface area contributed by atoms with Crippen molar-refractivity contribution in [2.45, 2.75) is 39.2 Å². The first kappa shape index (κ1) is 20.6. The monoisotopic (exact) mass is 403 g/mol. The molecule has 1 saturated heterocycles. The Morgan fingerprint density at radius 3 is 2.59 bits per heavy atom. The number of nitrogens with two attached hydrogens (primary N) is 1. The number of amides is 2. The minimum atomic E-state index is -2.96. The van der Waals surface area contributed by atoms with Crippen molar-refractivity contribution in [3.63, 3.8) is 0 Å². The van der Waals surface area contributed by atoms with Gasteiger partial charge < -0.3 is 16.0 Å². The summed E-state index contributed by atoms with van der Waals surface area (Å²) < 4.78 is 28.8. The highest BCUT2D eigenvalue weighted by Gasteiger charge is 2.48. The Bertz CT molecular complexity index is 933. The number of aryl methyl sites for hydroxylation is 2. The molecule has 0 spiro atoms. The van der Waals surface area contributed by atoms with Crippen molar-refractivity contribution in [1.29, 1.82) is 0 Å². The second kappa shape index (κ2) is 7.73. The molecule has 1 fully saturated rings. The molecule has 1 aliphatic heterocycles. The Morgan fingerprint density at radius 1 is 1.24 bits per heavy atom. The number of nitrogens with one attached hydrogen (secondary N) is 1. The lowest BCUT2D eigenvalue weighted by molar-refractivity contribution is -0.159. The van der Waals surface area contributed by atoms with Gasteiger partial charge in [-0.25, -0.2) is 13.8 Å². The van der Waals surface area contributed by atoms with Crippen LogP contribution in [0, 0.1) is 19.8 Å². The second-order valence-electron chi connectivity index (χ2n) is 7.45. The third-order valence-electron chi connectivity index (χ3n) is 5.18. The van der Waals surface area contributed by atoms with Crippen molar-refractivity contribution >= 4 is 23.3 Å². The number of anilines is 2. The van der Waals surface area contributed by atoms with Crippen LogP contribution in [0.15, 0.2) is 30.6 Å². The van der Waals surface area contributed by atoms with E-state index in [1.54, 1.807) is 32.0 Å². The van der Waals surface area contributed by atoms with Gasteiger partial charge in [-0.2, -0.15) is 0 Å². The van der Waals surface area contributed by atoms with E-state index in [9.17, 15) is 18.4 Å². The number of pyridine rings is 2. The van der Waals surface area contributed by atoms with Gasteiger partial charge in [0.05, 0.1) is 17.9 Å². The lowest BCUT2D eigenvalue weighted by atomic mass is 9.87. The third kappa shape index (κ3) is 4.33. The maximum atomic E-state index is 14.4. The van der Waals surface area contributed by atoms with Crippen LogP contribution in [0.3, 0.4) is 0 Å². The molecule has 3 heterocycles. The van der Waals surface area contributed by atoms with Crippen molar-refractivity contribution in [2.75, 3.05) is 17.6 Å². The predicted molar refractivity (Wildman–Crippen MR) is 104 cm³/mol. The minimum Gasteiger partial charge on any atom is -0.383 e. The standard InChI is InChI=1S/C20H23F2N5O2/c1-11-6-15(9-25-17(11)23)26-18(28)19(29)27-10-12(2)20(21,22)7-16(27)14-5-4-13(3)24-8-14/h4-6,8-9,12,16H,7,10H2,1-3H3,(H2,23,25)(H,26,28)/t12-,16-/m1/s1. The van der Waals surface area contributed by atoms with E-state index in [0.717, 1.165) is 5.69 Å². The molecule has 2 aromatic heterocycles. The van der Waals surface area contributed by atoms with Gasteiger partial charge in [-0.1, -0.05) is 13.0 Å². The van der Waals surface area contributed by atoms with Crippen molar-refractivity contribution < 1.29 is 18.4 Å². The minimum absolute atomic E-state index is 0.239. The molecule has 0 unspecified atom stereocenters. The summed E-state index contributed by atoms with van der Waals surface area (Å²) in [6.07, 6.45) is 2.24. The molecular weight excluding hydrogens is 380 g/mol. The van der Waals surface area contributed by atoms with Gasteiger partial charge in [0.1, 0.15) is 5.82 Å². The smallest absolute Gasteiger partial charge is 0.313 e. The fourth-order valence-electron chi connectivity index (χ4n) is 3.29. The summed E-state index contributed by atoms with van der Waals surface area (Å²) >= 11 is 0. The third-order valence-corrected chi connectivity index (χ3v) is 5.18. The van der Waals surface area contributed by atoms with Crippen LogP contribution in [0.5, 0.6) is 0 Å². The van der Waals surface area contributed by atoms with Crippen LogP contribution in [0.1, 0.15) is 36.2 Å². The van der Waals surface area contributed by atoms with Crippen molar-refractivity contribution in [3.8, 4) is 0 Å². The first-order valence-electron chi connectivity index (χ1n) is 9.23. The van der Waals surface area contributed by atoms with Gasteiger partial charge in [-0.3, -0.25) is 14.6 Å². The summed E-state index contributed by atoms with van der Waals surface area (Å²) in [5.41, 5.74) is 7.80. The van der Waals surface area contributed by atoms with Gasteiger partial charge in [0.25, 0.3) is 5.92 Å². The highest BCUT2D eigenvalue weighted by Crippen LogP contribution is 2.42. The highest BCUT2D eigenvalue weighted by molar-refractivity contribution is 6.39. The molecule has 2 atom stereocenters. The topological polar surface area (TPSA) is 101 Å². The average Bonchev–Trinajstić information content (AvgIpc) is 2.66. The molecule has 0 saturated carbocycles. The molecule has 0 aromatic carbocycles. The number of nitrogens with zero attached hydrogens (tertiary/aromatic N) is 3. The molecule has 29 heavy (non-hydrogen) atoms. The Hall–Kier alpha value is -3.10. The second-order valence-corrected chi connectivity index (χ2v) is 7.45. The number of carbonyl (C=O) groups is 2. The number of carbonyl (C=O) groups excluding carboxylic acids is 2. The molecule has 2 aromatic rings. The summed E-state index contributed by atoms with van der Waals surface area (Å²) in [5.74, 6) is -5.52. The van der Waals surface area contributed by atoms with Crippen LogP contribution < -0.4 is 11.1 Å². The number of alkyl halides is 2. The SMILES string of the molecule is Cc1ccc([C@H]2CC(F)(F)[C@H](C)CN2C(=O)C(=O)Nc2cnc(N)c(C)c2)cn1. The van der Waals surface area contributed by atoms with Gasteiger partial charge in [-0.15, -0.1) is 0 Å². The summed E-state index contributed by atoms with van der Waals surface area (Å²) in [5, 5.41) is 2.47. The first-order chi connectivity index (χ1) is 13.6. The highest BCUT2D eigenvalue weighted by atomic mass is 19.3. The lowest BCUT2D eigenvalue weighted by Crippen LogP contribution is -2.52. The molecular formula is C20H23F2N5O2. The van der Waals surface area contributed by atoms with Gasteiger partial charge in [0.15, 0.2) is 0 Å². The van der Waals surface area contributed by atoms with Crippen molar-refractivity contribution in [3.05, 3.63) is 47.4 Å². The predicted octanol–water partition coefficient (Wildman–Crippen LogP) is 2.86. The molecule has 0 aliphatic carbocycles. The molecule has 7 nitrogen and oxygen atoms in total. The number of aromatic nitrogens is 2. The van der Waals surface area contributed by atoms with E-state index in [-0.39, 0.29) is 6.54 Å². The molecule has 3 N–H and O–H groups in total. The summed E-state index contributed by atoms with van der Waals surface area (Å²) in [7, 11) is 0. The molecule has 154 valence electrons. The average molecular weight is 403 g/mol. The lowest BCUT2D eigenvalue weighted by Gasteiger charge is -2.42. The Kier molecular flexibility index (Phi) is 5.50. The maximum absolute atomic E-state index is 14.4. The van der Waals surface area contributed by atoms with Crippen LogP contribution >= 0.6 is 0 Å². The number of hydrogen-bond donors (Lipinski definition) is 2. The van der Waals surface area contributed by atoms with Crippen LogP contribution in [-0.4, -0.2) is 39.1 Å². The normalized spacial score (nSPS) is 20.9. The van der Waals surface area contributed by atoms with Gasteiger partial charge in [0.2, 0.25) is 0 Å². The summed E-state index contributed by atoms with van der Waals surface area (Å²) in [6.45, 7) is 4.63. The molecule has 0 radical (unpaired) electrons. The number of piperidine rings is 1. The number of nitrogen functional groups attached to an aromatic ring is 1. The van der Waals surface area contributed by atoms with E-state index >= 15 is 0 Å². The van der Waals surface area contributed by atoms with E-state index in [2.05, 4.69) is 15.3 Å². The molecule has 9 heteroatoms. The van der Waals surface area contributed by atoms with Crippen LogP contribution in [0.25, 0.3) is 0 Å². The maximum Gasteiger partial charge on any atom is 0.313 e. The Morgan fingerprint density at radius 2 is 1.97 bits per heavy atom. The van der Waals surface area contributed by atoms with E-state index < -0.39 is 36.1 Å². The van der Waals surface area contributed by atoms with Crippen molar-refractivity contribution in [2.24, 2.45) is 5.92 Å². The Labute approximate surface area is 167 Å². The zero-order valence-corrected chi connectivity index (χ0v) is 16.4. The van der Waals surface area contributed by atoms with Crippen LogP contribution in [0.2, 0.25) is 0 Å². The fourth-order valence-corrected chi connectivity index (χ4v) is 3.29. The summed E-state index contributed by atoms with van der Waals surface area (Å²) in [6, 6.07) is 3.99. The molecule has 1 aliphatic rings. The van der Waals surface area contributed by atoms with E-state index in [4.69, 9.17) is 5.73 Å². The van der Waals surface area contributed by atoms with E-state index in [1.165, 1.54) is 24.2 Å². The quantitative estimate of drug-likeness (QED) is 0.751. The zero-order chi connectivity index (χ0) is 21.3. The largest absolute Gasteiger partial charge is 0.383 e. The van der Waals surface area contributed by atoms with Gasteiger partial charge in [-0.05, 0) is 37.1 Å². The van der Waals surface area contributed by atoms with Gasteiger partial charge in [0, 0.05) is 30.8 Å². The Balaban J connectivity index is 1.85. The zero-order valence-electron chi connectivity index (χ0n) is 16.4. The van der Waals surface area contributed by atoms with E-state index in [0.29, 0.717) is 22.6 Å². The number of rotatable bonds is 2. The van der Waals surface area contributed by atoms with Crippen LogP contribution in [0.4, 0.5) is 20.3 Å². The molecule has 2 amide bonds. The van der Waals surface area contributed by atoms with Crippen LogP contribution in [-0.2, 0) is 9.59 Å². The number of likely N-dealkylation sites (tertiary alicyclic amines) is 1. The number of halogens is 2. The van der Waals surface area contributed by atoms with Crippen molar-refractivity contribution in [1.82, 2.24) is 14.9 Å². The van der Waals surface area contributed by atoms with Gasteiger partial charge >= 0.3 is 11.8 Å². The number of hydrogen-bond acceptors (Lipinski definition) is 5. The molecule has 3 rings (SSSR count). The van der Waals surface area contributed by atoms with E-state index in [1.807, 2.05) is 0 Å². The summed E-state index contributed by atoms with van der Waals surface area (Å²) in [4.78, 5) is 34.7. The molecule has 0 bridgehead atoms. The first-order valence-corrected chi connectivity index (χ1v) is 9.23.